The minimum atomic E-state index is -0.636. The molecule has 1 aromatic heterocycles. The topological polar surface area (TPSA) is 75.0 Å². The van der Waals surface area contributed by atoms with E-state index in [0.29, 0.717) is 18.5 Å². The van der Waals surface area contributed by atoms with E-state index < -0.39 is 28.9 Å². The molecular formula is C25H22FN3O4. The first-order chi connectivity index (χ1) is 16.1. The first-order valence-electron chi connectivity index (χ1n) is 10.7. The Hall–Kier alpha value is -4.07. The van der Waals surface area contributed by atoms with E-state index in [1.54, 1.807) is 23.1 Å². The summed E-state index contributed by atoms with van der Waals surface area (Å²) in [5, 5.41) is 12.4. The maximum absolute atomic E-state index is 15.0. The van der Waals surface area contributed by atoms with Gasteiger partial charge in [0, 0.05) is 24.4 Å². The van der Waals surface area contributed by atoms with Crippen LogP contribution in [-0.4, -0.2) is 40.4 Å². The minimum Gasteiger partial charge on any atom is -0.502 e. The molecule has 0 radical (unpaired) electrons. The highest BCUT2D eigenvalue weighted by Crippen LogP contribution is 2.38. The number of halogens is 1. The largest absolute Gasteiger partial charge is 0.502 e. The first-order valence-corrected chi connectivity index (χ1v) is 10.7. The van der Waals surface area contributed by atoms with Crippen LogP contribution >= 0.6 is 0 Å². The molecule has 0 saturated carbocycles. The molecule has 7 nitrogen and oxygen atoms in total. The predicted octanol–water partition coefficient (Wildman–Crippen LogP) is 3.17. The van der Waals surface area contributed by atoms with Gasteiger partial charge in [-0.25, -0.2) is 4.39 Å². The molecule has 3 aromatic rings. The van der Waals surface area contributed by atoms with Crippen LogP contribution in [-0.2, 0) is 0 Å². The molecule has 3 heterocycles. The van der Waals surface area contributed by atoms with Crippen LogP contribution in [0.15, 0.2) is 77.7 Å². The van der Waals surface area contributed by atoms with Crippen LogP contribution in [0.25, 0.3) is 0 Å². The lowest BCUT2D eigenvalue weighted by molar-refractivity contribution is 0.0682. The van der Waals surface area contributed by atoms with Gasteiger partial charge in [0.2, 0.25) is 5.43 Å². The normalized spacial score (nSPS) is 18.9. The molecule has 2 aromatic carbocycles. The Morgan fingerprint density at radius 2 is 1.82 bits per heavy atom. The number of benzene rings is 2. The highest BCUT2D eigenvalue weighted by atomic mass is 19.1. The van der Waals surface area contributed by atoms with Crippen LogP contribution in [0, 0.1) is 5.82 Å². The Morgan fingerprint density at radius 3 is 2.64 bits per heavy atom. The van der Waals surface area contributed by atoms with Gasteiger partial charge in [0.25, 0.3) is 5.91 Å². The molecule has 2 bridgehead atoms. The number of aromatic nitrogens is 1. The maximum atomic E-state index is 15.0. The van der Waals surface area contributed by atoms with Gasteiger partial charge < -0.3 is 14.7 Å². The lowest BCUT2D eigenvalue weighted by Crippen LogP contribution is -2.55. The Morgan fingerprint density at radius 1 is 1.00 bits per heavy atom. The summed E-state index contributed by atoms with van der Waals surface area (Å²) in [6, 6.07) is 14.9. The third-order valence-electron chi connectivity index (χ3n) is 5.90. The van der Waals surface area contributed by atoms with E-state index in [9.17, 15) is 19.1 Å². The van der Waals surface area contributed by atoms with Crippen LogP contribution in [0.2, 0.25) is 0 Å². The molecule has 0 fully saturated rings. The fraction of sp³-hybridized carbons (Fsp3) is 0.200. The van der Waals surface area contributed by atoms with Gasteiger partial charge in [0.15, 0.2) is 23.0 Å². The molecule has 2 aliphatic heterocycles. The average molecular weight is 447 g/mol. The fourth-order valence-electron chi connectivity index (χ4n) is 4.35. The van der Waals surface area contributed by atoms with Gasteiger partial charge in [0.1, 0.15) is 19.3 Å². The molecule has 2 aliphatic rings. The molecule has 1 atom stereocenters. The van der Waals surface area contributed by atoms with Crippen molar-refractivity contribution >= 4 is 5.91 Å². The van der Waals surface area contributed by atoms with Crippen molar-refractivity contribution in [3.05, 3.63) is 106 Å². The zero-order valence-electron chi connectivity index (χ0n) is 17.7. The number of carbonyl (C=O) groups excluding carboxylic acids is 1. The molecular weight excluding hydrogens is 425 g/mol. The molecule has 0 aliphatic carbocycles. The number of aromatic hydroxyl groups is 1. The van der Waals surface area contributed by atoms with Crippen molar-refractivity contribution < 1.29 is 19.0 Å². The van der Waals surface area contributed by atoms with Crippen LogP contribution in [0.5, 0.6) is 11.5 Å². The molecule has 5 rings (SSSR count). The van der Waals surface area contributed by atoms with Crippen molar-refractivity contribution in [2.45, 2.75) is 12.5 Å². The van der Waals surface area contributed by atoms with E-state index in [0.717, 1.165) is 5.56 Å². The predicted molar refractivity (Wildman–Crippen MR) is 120 cm³/mol. The van der Waals surface area contributed by atoms with Crippen molar-refractivity contribution in [3.8, 4) is 11.5 Å². The van der Waals surface area contributed by atoms with Crippen molar-refractivity contribution in [2.75, 3.05) is 24.8 Å². The van der Waals surface area contributed by atoms with E-state index in [1.807, 2.05) is 41.4 Å². The van der Waals surface area contributed by atoms with Crippen LogP contribution in [0.3, 0.4) is 0 Å². The summed E-state index contributed by atoms with van der Waals surface area (Å²) in [6.07, 6.45) is 5.66. The SMILES string of the molecule is O=C1c2c(O)c(=O)ccn2N2CN1CC/C=C\COc1c(F)cccc1[C@H]2c1ccccc1. The monoisotopic (exact) mass is 447 g/mol. The van der Waals surface area contributed by atoms with Gasteiger partial charge in [-0.3, -0.25) is 19.3 Å². The highest BCUT2D eigenvalue weighted by molar-refractivity contribution is 5.96. The number of nitrogens with zero attached hydrogens (tertiary/aromatic N) is 3. The number of hydrogen-bond donors (Lipinski definition) is 1. The summed E-state index contributed by atoms with van der Waals surface area (Å²) in [5.41, 5.74) is 0.644. The first kappa shape index (κ1) is 20.8. The summed E-state index contributed by atoms with van der Waals surface area (Å²) < 4.78 is 22.3. The van der Waals surface area contributed by atoms with E-state index in [1.165, 1.54) is 23.0 Å². The third-order valence-corrected chi connectivity index (χ3v) is 5.90. The van der Waals surface area contributed by atoms with Crippen LogP contribution in [0.4, 0.5) is 4.39 Å². The van der Waals surface area contributed by atoms with Crippen LogP contribution < -0.4 is 15.2 Å². The van der Waals surface area contributed by atoms with Gasteiger partial charge in [0.05, 0.1) is 0 Å². The highest BCUT2D eigenvalue weighted by Gasteiger charge is 2.37. The number of fused-ring (bicyclic) bond motifs is 5. The van der Waals surface area contributed by atoms with Gasteiger partial charge in [-0.1, -0.05) is 54.6 Å². The van der Waals surface area contributed by atoms with Crippen molar-refractivity contribution in [1.29, 1.82) is 0 Å². The maximum Gasteiger partial charge on any atom is 0.277 e. The van der Waals surface area contributed by atoms with E-state index in [4.69, 9.17) is 4.74 Å². The summed E-state index contributed by atoms with van der Waals surface area (Å²) in [7, 11) is 0. The molecule has 168 valence electrons. The number of hydrogen-bond acceptors (Lipinski definition) is 5. The number of ether oxygens (including phenoxy) is 1. The standard InChI is InChI=1S/C25H22FN3O4/c26-19-11-7-10-18-21(17-8-3-1-4-9-17)29-16-27(13-5-2-6-15-33-24(18)19)25(32)22-23(31)20(30)12-14-28(22)29/h1-4,6-12,14,21,31H,5,13,15-16H2/b6-2-/t21-/m1/s1. The lowest BCUT2D eigenvalue weighted by atomic mass is 9.96. The summed E-state index contributed by atoms with van der Waals surface area (Å²) in [4.78, 5) is 27.0. The number of carbonyl (C=O) groups is 1. The quantitative estimate of drug-likeness (QED) is 0.580. The molecule has 0 saturated heterocycles. The van der Waals surface area contributed by atoms with Gasteiger partial charge in [-0.05, 0) is 18.1 Å². The van der Waals surface area contributed by atoms with Crippen molar-refractivity contribution in [3.63, 3.8) is 0 Å². The Bertz CT molecular complexity index is 1290. The second kappa shape index (κ2) is 8.46. The molecule has 33 heavy (non-hydrogen) atoms. The van der Waals surface area contributed by atoms with Gasteiger partial charge >= 0.3 is 0 Å². The van der Waals surface area contributed by atoms with Gasteiger partial charge in [-0.2, -0.15) is 0 Å². The Labute approximate surface area is 189 Å². The van der Waals surface area contributed by atoms with E-state index in [2.05, 4.69) is 0 Å². The second-order valence-corrected chi connectivity index (χ2v) is 7.91. The van der Waals surface area contributed by atoms with E-state index in [-0.39, 0.29) is 24.7 Å². The average Bonchev–Trinajstić information content (AvgIpc) is 2.81. The lowest BCUT2D eigenvalue weighted by Gasteiger charge is -2.44. The zero-order chi connectivity index (χ0) is 22.9. The summed E-state index contributed by atoms with van der Waals surface area (Å²) >= 11 is 0. The summed E-state index contributed by atoms with van der Waals surface area (Å²) in [6.45, 7) is 0.733. The summed E-state index contributed by atoms with van der Waals surface area (Å²) in [5.74, 6) is -1.42. The number of pyridine rings is 1. The molecule has 1 amide bonds. The second-order valence-electron chi connectivity index (χ2n) is 7.91. The van der Waals surface area contributed by atoms with Crippen LogP contribution in [0.1, 0.15) is 34.1 Å². The Kier molecular flexibility index (Phi) is 5.34. The van der Waals surface area contributed by atoms with E-state index >= 15 is 0 Å². The zero-order valence-corrected chi connectivity index (χ0v) is 17.7. The smallest absolute Gasteiger partial charge is 0.277 e. The number of amides is 1. The minimum absolute atomic E-state index is 0.116. The Balaban J connectivity index is 1.80. The number of rotatable bonds is 1. The van der Waals surface area contributed by atoms with Crippen molar-refractivity contribution in [2.24, 2.45) is 0 Å². The molecule has 0 unspecified atom stereocenters. The fourth-order valence-corrected chi connectivity index (χ4v) is 4.35. The molecule has 0 spiro atoms. The third kappa shape index (κ3) is 3.63. The van der Waals surface area contributed by atoms with Gasteiger partial charge in [-0.15, -0.1) is 0 Å². The number of para-hydroxylation sites is 1. The van der Waals surface area contributed by atoms with Crippen molar-refractivity contribution in [1.82, 2.24) is 9.58 Å². The molecule has 8 heteroatoms. The molecule has 1 N–H and O–H groups in total.